The van der Waals surface area contributed by atoms with Crippen LogP contribution >= 0.6 is 22.6 Å². The van der Waals surface area contributed by atoms with E-state index >= 15 is 0 Å². The normalized spacial score (nSPS) is 10.1. The van der Waals surface area contributed by atoms with E-state index in [0.717, 1.165) is 15.1 Å². The third kappa shape index (κ3) is 3.07. The van der Waals surface area contributed by atoms with Crippen LogP contribution in [0.5, 0.6) is 17.2 Å². The zero-order chi connectivity index (χ0) is 13.0. The summed E-state index contributed by atoms with van der Waals surface area (Å²) in [6, 6.07) is 13.3. The first-order chi connectivity index (χ1) is 8.70. The van der Waals surface area contributed by atoms with Crippen LogP contribution in [-0.2, 0) is 0 Å². The van der Waals surface area contributed by atoms with Crippen LogP contribution in [0.2, 0.25) is 0 Å². The number of hydrogen-bond acceptors (Lipinski definition) is 3. The smallest absolute Gasteiger partial charge is 0.145 e. The zero-order valence-electron chi connectivity index (χ0n) is 10.0. The van der Waals surface area contributed by atoms with Gasteiger partial charge in [0.2, 0.25) is 0 Å². The van der Waals surface area contributed by atoms with Crippen molar-refractivity contribution in [2.75, 3.05) is 12.3 Å². The molecule has 0 bridgehead atoms. The van der Waals surface area contributed by atoms with E-state index in [2.05, 4.69) is 22.6 Å². The molecule has 0 radical (unpaired) electrons. The molecule has 2 aromatic rings. The van der Waals surface area contributed by atoms with E-state index < -0.39 is 0 Å². The Balaban J connectivity index is 2.24. The minimum absolute atomic E-state index is 0.580. The minimum atomic E-state index is 0.580. The van der Waals surface area contributed by atoms with Gasteiger partial charge in [0.05, 0.1) is 15.9 Å². The Morgan fingerprint density at radius 3 is 2.61 bits per heavy atom. The van der Waals surface area contributed by atoms with Gasteiger partial charge >= 0.3 is 0 Å². The third-order valence-corrected chi connectivity index (χ3v) is 3.24. The van der Waals surface area contributed by atoms with Gasteiger partial charge in [0.15, 0.2) is 0 Å². The molecule has 0 fully saturated rings. The van der Waals surface area contributed by atoms with Crippen LogP contribution in [0, 0.1) is 3.57 Å². The van der Waals surface area contributed by atoms with Crippen LogP contribution in [0.15, 0.2) is 42.5 Å². The average Bonchev–Trinajstić information content (AvgIpc) is 2.36. The van der Waals surface area contributed by atoms with Crippen molar-refractivity contribution < 1.29 is 9.47 Å². The molecule has 2 rings (SSSR count). The standard InChI is InChI=1S/C14H14INO2/c1-2-17-14-9-10(7-8-12(14)16)18-13-6-4-3-5-11(13)15/h3-9H,2,16H2,1H3. The molecule has 0 aliphatic carbocycles. The predicted molar refractivity (Wildman–Crippen MR) is 81.3 cm³/mol. The Morgan fingerprint density at radius 2 is 1.89 bits per heavy atom. The van der Waals surface area contributed by atoms with Crippen molar-refractivity contribution in [3.8, 4) is 17.2 Å². The number of ether oxygens (including phenoxy) is 2. The lowest BCUT2D eigenvalue weighted by Crippen LogP contribution is -1.97. The van der Waals surface area contributed by atoms with Gasteiger partial charge < -0.3 is 15.2 Å². The number of rotatable bonds is 4. The Bertz CT molecular complexity index is 543. The second-order valence-corrected chi connectivity index (χ2v) is 4.83. The second kappa shape index (κ2) is 5.95. The summed E-state index contributed by atoms with van der Waals surface area (Å²) >= 11 is 2.24. The van der Waals surface area contributed by atoms with Gasteiger partial charge in [0.1, 0.15) is 17.2 Å². The van der Waals surface area contributed by atoms with Gasteiger partial charge in [-0.05, 0) is 53.8 Å². The predicted octanol–water partition coefficient (Wildman–Crippen LogP) is 4.06. The highest BCUT2D eigenvalue weighted by molar-refractivity contribution is 14.1. The lowest BCUT2D eigenvalue weighted by atomic mass is 10.3. The molecule has 0 aliphatic heterocycles. The molecule has 0 spiro atoms. The van der Waals surface area contributed by atoms with E-state index in [9.17, 15) is 0 Å². The summed E-state index contributed by atoms with van der Waals surface area (Å²) in [6.45, 7) is 2.50. The fraction of sp³-hybridized carbons (Fsp3) is 0.143. The lowest BCUT2D eigenvalue weighted by molar-refractivity contribution is 0.340. The van der Waals surface area contributed by atoms with E-state index in [1.807, 2.05) is 43.3 Å². The molecular weight excluding hydrogens is 341 g/mol. The summed E-state index contributed by atoms with van der Waals surface area (Å²) in [5.41, 5.74) is 6.43. The van der Waals surface area contributed by atoms with Gasteiger partial charge in [-0.1, -0.05) is 12.1 Å². The monoisotopic (exact) mass is 355 g/mol. The topological polar surface area (TPSA) is 44.5 Å². The lowest BCUT2D eigenvalue weighted by Gasteiger charge is -2.11. The number of halogens is 1. The molecule has 0 unspecified atom stereocenters. The van der Waals surface area contributed by atoms with Crippen LogP contribution in [0.4, 0.5) is 5.69 Å². The first-order valence-corrected chi connectivity index (χ1v) is 6.73. The van der Waals surface area contributed by atoms with Crippen molar-refractivity contribution in [2.24, 2.45) is 0 Å². The SMILES string of the molecule is CCOc1cc(Oc2ccccc2I)ccc1N. The van der Waals surface area contributed by atoms with Crippen LogP contribution < -0.4 is 15.2 Å². The van der Waals surface area contributed by atoms with Gasteiger partial charge in [0, 0.05) is 6.07 Å². The summed E-state index contributed by atoms with van der Waals surface area (Å²) < 4.78 is 12.3. The Morgan fingerprint density at radius 1 is 1.11 bits per heavy atom. The molecule has 0 saturated heterocycles. The summed E-state index contributed by atoms with van der Waals surface area (Å²) in [5, 5.41) is 0. The maximum Gasteiger partial charge on any atom is 0.145 e. The quantitative estimate of drug-likeness (QED) is 0.664. The molecule has 0 atom stereocenters. The van der Waals surface area contributed by atoms with Gasteiger partial charge in [-0.2, -0.15) is 0 Å². The van der Waals surface area contributed by atoms with Crippen molar-refractivity contribution in [3.05, 3.63) is 46.0 Å². The molecule has 3 nitrogen and oxygen atoms in total. The average molecular weight is 355 g/mol. The molecule has 94 valence electrons. The zero-order valence-corrected chi connectivity index (χ0v) is 12.2. The molecule has 0 heterocycles. The highest BCUT2D eigenvalue weighted by Crippen LogP contribution is 2.31. The maximum atomic E-state index is 5.82. The van der Waals surface area contributed by atoms with Crippen molar-refractivity contribution in [3.63, 3.8) is 0 Å². The van der Waals surface area contributed by atoms with Crippen molar-refractivity contribution in [1.82, 2.24) is 0 Å². The summed E-state index contributed by atoms with van der Waals surface area (Å²) in [4.78, 5) is 0. The van der Waals surface area contributed by atoms with Crippen molar-refractivity contribution in [2.45, 2.75) is 6.92 Å². The maximum absolute atomic E-state index is 5.82. The second-order valence-electron chi connectivity index (χ2n) is 3.67. The molecule has 0 aromatic heterocycles. The first-order valence-electron chi connectivity index (χ1n) is 5.65. The highest BCUT2D eigenvalue weighted by atomic mass is 127. The fourth-order valence-corrected chi connectivity index (χ4v) is 2.01. The highest BCUT2D eigenvalue weighted by Gasteiger charge is 2.05. The van der Waals surface area contributed by atoms with Crippen molar-refractivity contribution in [1.29, 1.82) is 0 Å². The molecule has 4 heteroatoms. The molecule has 2 N–H and O–H groups in total. The van der Waals surface area contributed by atoms with Gasteiger partial charge in [0.25, 0.3) is 0 Å². The number of hydrogen-bond donors (Lipinski definition) is 1. The molecule has 0 amide bonds. The van der Waals surface area contributed by atoms with E-state index in [4.69, 9.17) is 15.2 Å². The molecule has 18 heavy (non-hydrogen) atoms. The molecular formula is C14H14INO2. The number of anilines is 1. The first kappa shape index (κ1) is 13.0. The van der Waals surface area contributed by atoms with Crippen LogP contribution in [0.3, 0.4) is 0 Å². The van der Waals surface area contributed by atoms with E-state index in [1.165, 1.54) is 0 Å². The minimum Gasteiger partial charge on any atom is -0.492 e. The molecule has 0 saturated carbocycles. The van der Waals surface area contributed by atoms with Crippen LogP contribution in [-0.4, -0.2) is 6.61 Å². The van der Waals surface area contributed by atoms with Crippen molar-refractivity contribution >= 4 is 28.3 Å². The van der Waals surface area contributed by atoms with E-state index in [1.54, 1.807) is 6.07 Å². The number of nitrogen functional groups attached to an aromatic ring is 1. The largest absolute Gasteiger partial charge is 0.492 e. The summed E-state index contributed by atoms with van der Waals surface area (Å²) in [7, 11) is 0. The van der Waals surface area contributed by atoms with E-state index in [-0.39, 0.29) is 0 Å². The Kier molecular flexibility index (Phi) is 4.30. The summed E-state index contributed by atoms with van der Waals surface area (Å²) in [6.07, 6.45) is 0. The van der Waals surface area contributed by atoms with E-state index in [0.29, 0.717) is 18.0 Å². The van der Waals surface area contributed by atoms with Crippen LogP contribution in [0.1, 0.15) is 6.92 Å². The number of nitrogens with two attached hydrogens (primary N) is 1. The molecule has 2 aromatic carbocycles. The Hall–Kier alpha value is -1.43. The Labute approximate surface area is 120 Å². The van der Waals surface area contributed by atoms with Crippen LogP contribution in [0.25, 0.3) is 0 Å². The number of benzene rings is 2. The van der Waals surface area contributed by atoms with Gasteiger partial charge in [-0.25, -0.2) is 0 Å². The summed E-state index contributed by atoms with van der Waals surface area (Å²) in [5.74, 6) is 2.20. The van der Waals surface area contributed by atoms with Gasteiger partial charge in [-0.15, -0.1) is 0 Å². The van der Waals surface area contributed by atoms with Gasteiger partial charge in [-0.3, -0.25) is 0 Å². The fourth-order valence-electron chi connectivity index (χ4n) is 1.51. The number of para-hydroxylation sites is 1. The molecule has 0 aliphatic rings. The third-order valence-electron chi connectivity index (χ3n) is 2.35.